The first-order valence-electron chi connectivity index (χ1n) is 7.45. The van der Waals surface area contributed by atoms with Crippen molar-refractivity contribution in [3.63, 3.8) is 0 Å². The summed E-state index contributed by atoms with van der Waals surface area (Å²) >= 11 is 3.40. The van der Waals surface area contributed by atoms with E-state index in [0.717, 1.165) is 23.1 Å². The summed E-state index contributed by atoms with van der Waals surface area (Å²) in [6.45, 7) is 6.82. The van der Waals surface area contributed by atoms with Crippen LogP contribution in [0.25, 0.3) is 0 Å². The fraction of sp³-hybridized carbons (Fsp3) is 0.625. The number of hydrogen-bond donors (Lipinski definition) is 1. The maximum atomic E-state index is 12.5. The van der Waals surface area contributed by atoms with Crippen LogP contribution in [-0.2, 0) is 7.05 Å². The van der Waals surface area contributed by atoms with Gasteiger partial charge in [-0.15, -0.1) is 0 Å². The molecule has 0 saturated heterocycles. The van der Waals surface area contributed by atoms with E-state index >= 15 is 0 Å². The Kier molecular flexibility index (Phi) is 6.81. The first-order valence-corrected chi connectivity index (χ1v) is 8.24. The number of likely N-dealkylation sites (N-methyl/N-ethyl adjacent to an activating group) is 1. The number of aromatic nitrogens is 1. The second-order valence-corrected chi connectivity index (χ2v) is 7.27. The lowest BCUT2D eigenvalue weighted by atomic mass is 10.0. The molecule has 0 aliphatic rings. The minimum absolute atomic E-state index is 0.0206. The van der Waals surface area contributed by atoms with Crippen molar-refractivity contribution in [3.05, 3.63) is 32.2 Å². The number of carbonyl (C=O) groups is 1. The zero-order valence-corrected chi connectivity index (χ0v) is 15.8. The van der Waals surface area contributed by atoms with Crippen LogP contribution in [-0.4, -0.2) is 42.1 Å². The van der Waals surface area contributed by atoms with Gasteiger partial charge in [0.25, 0.3) is 11.5 Å². The Morgan fingerprint density at radius 2 is 2.00 bits per heavy atom. The Hall–Kier alpha value is -1.14. The summed E-state index contributed by atoms with van der Waals surface area (Å²) in [5, 5.41) is 3.00. The molecule has 1 rings (SSSR count). The van der Waals surface area contributed by atoms with E-state index in [1.807, 2.05) is 25.9 Å². The minimum Gasteiger partial charge on any atom is -0.348 e. The number of halogens is 1. The molecule has 0 aliphatic carbocycles. The largest absolute Gasteiger partial charge is 0.348 e. The maximum Gasteiger partial charge on any atom is 0.263 e. The van der Waals surface area contributed by atoms with Crippen LogP contribution in [0.3, 0.4) is 0 Å². The third-order valence-corrected chi connectivity index (χ3v) is 4.38. The lowest BCUT2D eigenvalue weighted by Gasteiger charge is -2.24. The van der Waals surface area contributed by atoms with Gasteiger partial charge in [-0.1, -0.05) is 13.8 Å². The summed E-state index contributed by atoms with van der Waals surface area (Å²) in [6.07, 6.45) is 0.872. The van der Waals surface area contributed by atoms with Gasteiger partial charge < -0.3 is 14.8 Å². The van der Waals surface area contributed by atoms with Crippen molar-refractivity contribution < 1.29 is 4.79 Å². The van der Waals surface area contributed by atoms with Gasteiger partial charge in [0.2, 0.25) is 0 Å². The summed E-state index contributed by atoms with van der Waals surface area (Å²) in [5.41, 5.74) is 0.701. The third-order valence-electron chi connectivity index (χ3n) is 3.58. The number of nitrogens with zero attached hydrogens (tertiary/aromatic N) is 2. The molecule has 0 unspecified atom stereocenters. The predicted molar refractivity (Wildman–Crippen MR) is 93.4 cm³/mol. The molecule has 1 N–H and O–H groups in total. The van der Waals surface area contributed by atoms with Crippen molar-refractivity contribution in [1.82, 2.24) is 14.8 Å². The van der Waals surface area contributed by atoms with Crippen molar-refractivity contribution in [2.75, 3.05) is 20.6 Å². The number of rotatable bonds is 6. The summed E-state index contributed by atoms with van der Waals surface area (Å²) in [6, 6.07) is 1.63. The van der Waals surface area contributed by atoms with Crippen LogP contribution in [0.2, 0.25) is 0 Å². The van der Waals surface area contributed by atoms with Crippen molar-refractivity contribution in [2.24, 2.45) is 13.0 Å². The third kappa shape index (κ3) is 4.95. The topological polar surface area (TPSA) is 54.3 Å². The van der Waals surface area contributed by atoms with Crippen molar-refractivity contribution in [3.8, 4) is 0 Å². The molecule has 0 fully saturated rings. The van der Waals surface area contributed by atoms with Crippen LogP contribution in [0, 0.1) is 12.8 Å². The first-order chi connectivity index (χ1) is 10.1. The van der Waals surface area contributed by atoms with E-state index in [1.54, 1.807) is 13.1 Å². The molecule has 0 aliphatic heterocycles. The normalized spacial score (nSPS) is 12.8. The van der Waals surface area contributed by atoms with Crippen LogP contribution in [0.15, 0.2) is 15.3 Å². The molecule has 0 saturated carbocycles. The molecule has 22 heavy (non-hydrogen) atoms. The van der Waals surface area contributed by atoms with E-state index in [2.05, 4.69) is 35.1 Å². The van der Waals surface area contributed by atoms with Gasteiger partial charge in [0.1, 0.15) is 5.56 Å². The molecule has 1 aromatic rings. The van der Waals surface area contributed by atoms with Gasteiger partial charge in [0.15, 0.2) is 0 Å². The molecule has 5 nitrogen and oxygen atoms in total. The van der Waals surface area contributed by atoms with Gasteiger partial charge in [-0.25, -0.2) is 0 Å². The van der Waals surface area contributed by atoms with E-state index in [4.69, 9.17) is 0 Å². The summed E-state index contributed by atoms with van der Waals surface area (Å²) in [7, 11) is 5.62. The number of carbonyl (C=O) groups excluding carboxylic acids is 1. The van der Waals surface area contributed by atoms with Crippen molar-refractivity contribution in [2.45, 2.75) is 33.2 Å². The monoisotopic (exact) mass is 371 g/mol. The smallest absolute Gasteiger partial charge is 0.263 e. The molecule has 0 radical (unpaired) electrons. The summed E-state index contributed by atoms with van der Waals surface area (Å²) in [5.74, 6) is 0.159. The van der Waals surface area contributed by atoms with Crippen LogP contribution < -0.4 is 10.9 Å². The molecule has 0 bridgehead atoms. The van der Waals surface area contributed by atoms with E-state index in [9.17, 15) is 9.59 Å². The second-order valence-electron chi connectivity index (χ2n) is 6.42. The van der Waals surface area contributed by atoms with E-state index < -0.39 is 0 Å². The molecule has 0 spiro atoms. The number of amides is 1. The molecular weight excluding hydrogens is 346 g/mol. The van der Waals surface area contributed by atoms with Gasteiger partial charge in [0.05, 0.1) is 0 Å². The molecule has 1 aromatic heterocycles. The maximum absolute atomic E-state index is 12.5. The molecule has 1 heterocycles. The van der Waals surface area contributed by atoms with Crippen LogP contribution in [0.4, 0.5) is 0 Å². The average molecular weight is 372 g/mol. The average Bonchev–Trinajstić information content (AvgIpc) is 2.38. The van der Waals surface area contributed by atoms with Gasteiger partial charge in [-0.2, -0.15) is 0 Å². The molecular formula is C16H26BrN3O2. The number of pyridine rings is 1. The zero-order valence-electron chi connectivity index (χ0n) is 14.2. The van der Waals surface area contributed by atoms with Crippen molar-refractivity contribution in [1.29, 1.82) is 0 Å². The van der Waals surface area contributed by atoms with E-state index in [-0.39, 0.29) is 23.1 Å². The highest BCUT2D eigenvalue weighted by Crippen LogP contribution is 2.15. The van der Waals surface area contributed by atoms with E-state index in [0.29, 0.717) is 5.92 Å². The Balaban J connectivity index is 3.02. The molecule has 0 aromatic carbocycles. The standard InChI is InChI=1S/C16H26BrN3O2/c1-10(2)7-12(9-19(4)5)18-15(21)13-8-14(17)11(3)20(6)16(13)22/h8,10,12H,7,9H2,1-6H3,(H,18,21)/t12-/m0/s1. The highest BCUT2D eigenvalue weighted by Gasteiger charge is 2.20. The van der Waals surface area contributed by atoms with E-state index in [1.165, 1.54) is 4.57 Å². The molecule has 124 valence electrons. The highest BCUT2D eigenvalue weighted by molar-refractivity contribution is 9.10. The van der Waals surface area contributed by atoms with Crippen LogP contribution in [0.1, 0.15) is 36.3 Å². The lowest BCUT2D eigenvalue weighted by Crippen LogP contribution is -2.44. The Bertz CT molecular complexity index is 584. The quantitative estimate of drug-likeness (QED) is 0.833. The van der Waals surface area contributed by atoms with Gasteiger partial charge >= 0.3 is 0 Å². The predicted octanol–water partition coefficient (Wildman–Crippen LogP) is 2.16. The Morgan fingerprint density at radius 3 is 2.50 bits per heavy atom. The first kappa shape index (κ1) is 18.9. The SMILES string of the molecule is Cc1c(Br)cc(C(=O)N[C@@H](CC(C)C)CN(C)C)c(=O)n1C. The van der Waals surface area contributed by atoms with Crippen LogP contribution >= 0.6 is 15.9 Å². The van der Waals surface area contributed by atoms with Gasteiger partial charge in [-0.3, -0.25) is 9.59 Å². The zero-order chi connectivity index (χ0) is 17.0. The molecule has 1 amide bonds. The Morgan fingerprint density at radius 1 is 1.41 bits per heavy atom. The van der Waals surface area contributed by atoms with Gasteiger partial charge in [-0.05, 0) is 55.4 Å². The number of hydrogen-bond acceptors (Lipinski definition) is 3. The highest BCUT2D eigenvalue weighted by atomic mass is 79.9. The lowest BCUT2D eigenvalue weighted by molar-refractivity contribution is 0.0922. The van der Waals surface area contributed by atoms with Gasteiger partial charge in [0, 0.05) is 29.8 Å². The fourth-order valence-corrected chi connectivity index (χ4v) is 2.90. The van der Waals surface area contributed by atoms with Crippen molar-refractivity contribution >= 4 is 21.8 Å². The summed E-state index contributed by atoms with van der Waals surface area (Å²) in [4.78, 5) is 26.8. The minimum atomic E-state index is -0.311. The van der Waals surface area contributed by atoms with Crippen LogP contribution in [0.5, 0.6) is 0 Å². The second kappa shape index (κ2) is 7.92. The fourth-order valence-electron chi connectivity index (χ4n) is 2.40. The number of nitrogens with one attached hydrogen (secondary N) is 1. The summed E-state index contributed by atoms with van der Waals surface area (Å²) < 4.78 is 2.25. The Labute approximate surface area is 140 Å². The molecule has 1 atom stereocenters. The molecule has 6 heteroatoms.